The van der Waals surface area contributed by atoms with E-state index in [-0.39, 0.29) is 17.0 Å². The van der Waals surface area contributed by atoms with E-state index in [1.807, 2.05) is 5.43 Å². The Labute approximate surface area is 100 Å². The van der Waals surface area contributed by atoms with E-state index >= 15 is 0 Å². The number of benzene rings is 1. The van der Waals surface area contributed by atoms with Crippen LogP contribution in [0.25, 0.3) is 0 Å². The normalized spacial score (nSPS) is 13.9. The van der Waals surface area contributed by atoms with Gasteiger partial charge < -0.3 is 0 Å². The zero-order valence-corrected chi connectivity index (χ0v) is 9.50. The summed E-state index contributed by atoms with van der Waals surface area (Å²) in [6.45, 7) is 0. The predicted octanol–water partition coefficient (Wildman–Crippen LogP) is 2.69. The molecule has 1 atom stereocenters. The number of nitrogens with two attached hydrogens (primary N) is 1. The third-order valence-corrected chi connectivity index (χ3v) is 2.53. The monoisotopic (exact) mass is 272 g/mol. The van der Waals surface area contributed by atoms with Crippen LogP contribution in [-0.2, 0) is 6.42 Å². The summed E-state index contributed by atoms with van der Waals surface area (Å²) in [7, 11) is 0. The highest BCUT2D eigenvalue weighted by Crippen LogP contribution is 2.26. The maximum absolute atomic E-state index is 13.3. The minimum absolute atomic E-state index is 0.0627. The molecule has 1 unspecified atom stereocenters. The fourth-order valence-electron chi connectivity index (χ4n) is 1.18. The molecule has 0 amide bonds. The van der Waals surface area contributed by atoms with Gasteiger partial charge in [0.1, 0.15) is 11.9 Å². The molecule has 3 N–H and O–H groups in total. The average Bonchev–Trinajstić information content (AvgIpc) is 2.14. The van der Waals surface area contributed by atoms with Crippen molar-refractivity contribution in [3.05, 3.63) is 34.6 Å². The van der Waals surface area contributed by atoms with Gasteiger partial charge >= 0.3 is 5.38 Å². The minimum atomic E-state index is -3.55. The van der Waals surface area contributed by atoms with Crippen molar-refractivity contribution in [2.24, 2.45) is 5.84 Å². The van der Waals surface area contributed by atoms with Gasteiger partial charge in [0.05, 0.1) is 0 Å². The van der Waals surface area contributed by atoms with Crippen molar-refractivity contribution >= 4 is 23.2 Å². The Hall–Kier alpha value is -0.490. The second-order valence-corrected chi connectivity index (χ2v) is 4.14. The Morgan fingerprint density at radius 3 is 2.50 bits per heavy atom. The van der Waals surface area contributed by atoms with Crippen molar-refractivity contribution in [1.29, 1.82) is 0 Å². The first-order valence-corrected chi connectivity index (χ1v) is 5.07. The number of nitrogens with one attached hydrogen (secondary N) is 1. The van der Waals surface area contributed by atoms with Crippen LogP contribution in [0, 0.1) is 5.82 Å². The summed E-state index contributed by atoms with van der Waals surface area (Å²) < 4.78 is 38.8. The average molecular weight is 273 g/mol. The summed E-state index contributed by atoms with van der Waals surface area (Å²) in [5.41, 5.74) is 1.91. The SMILES string of the molecule is NNC(Cc1ccc(Cl)cc1F)C(F)(F)Cl. The van der Waals surface area contributed by atoms with Gasteiger partial charge in [-0.05, 0) is 35.7 Å². The van der Waals surface area contributed by atoms with Crippen LogP contribution < -0.4 is 11.3 Å². The summed E-state index contributed by atoms with van der Waals surface area (Å²) in [5.74, 6) is 4.25. The van der Waals surface area contributed by atoms with E-state index in [4.69, 9.17) is 29.0 Å². The fraction of sp³-hybridized carbons (Fsp3) is 0.333. The van der Waals surface area contributed by atoms with Crippen LogP contribution in [0.4, 0.5) is 13.2 Å². The van der Waals surface area contributed by atoms with E-state index in [9.17, 15) is 13.2 Å². The lowest BCUT2D eigenvalue weighted by Crippen LogP contribution is -2.47. The summed E-state index contributed by atoms with van der Waals surface area (Å²) in [6, 6.07) is 2.20. The lowest BCUT2D eigenvalue weighted by molar-refractivity contribution is 0.0500. The molecule has 16 heavy (non-hydrogen) atoms. The molecule has 0 heterocycles. The van der Waals surface area contributed by atoms with Crippen molar-refractivity contribution in [3.8, 4) is 0 Å². The van der Waals surface area contributed by atoms with E-state index in [1.54, 1.807) is 0 Å². The highest BCUT2D eigenvalue weighted by Gasteiger charge is 2.36. The maximum Gasteiger partial charge on any atom is 0.338 e. The molecule has 0 saturated carbocycles. The number of hydrazine groups is 1. The third kappa shape index (κ3) is 3.52. The van der Waals surface area contributed by atoms with Crippen molar-refractivity contribution in [2.75, 3.05) is 0 Å². The number of hydrogen-bond donors (Lipinski definition) is 2. The quantitative estimate of drug-likeness (QED) is 0.503. The van der Waals surface area contributed by atoms with Gasteiger partial charge in [-0.3, -0.25) is 5.84 Å². The van der Waals surface area contributed by atoms with Crippen LogP contribution in [-0.4, -0.2) is 11.4 Å². The molecule has 90 valence electrons. The summed E-state index contributed by atoms with van der Waals surface area (Å²) in [6.07, 6.45) is -0.337. The first-order chi connectivity index (χ1) is 7.34. The topological polar surface area (TPSA) is 38.0 Å². The molecule has 0 aliphatic rings. The minimum Gasteiger partial charge on any atom is -0.271 e. The van der Waals surface area contributed by atoms with Gasteiger partial charge in [-0.25, -0.2) is 9.82 Å². The largest absolute Gasteiger partial charge is 0.338 e. The van der Waals surface area contributed by atoms with Gasteiger partial charge in [-0.2, -0.15) is 8.78 Å². The van der Waals surface area contributed by atoms with Crippen LogP contribution in [0.1, 0.15) is 5.56 Å². The molecule has 0 aliphatic heterocycles. The molecule has 0 fully saturated rings. The van der Waals surface area contributed by atoms with Gasteiger partial charge in [0.2, 0.25) is 0 Å². The van der Waals surface area contributed by atoms with Crippen molar-refractivity contribution < 1.29 is 13.2 Å². The molecule has 2 nitrogen and oxygen atoms in total. The maximum atomic E-state index is 13.3. The van der Waals surface area contributed by atoms with E-state index < -0.39 is 17.2 Å². The van der Waals surface area contributed by atoms with Gasteiger partial charge in [-0.15, -0.1) is 0 Å². The molecule has 0 aliphatic carbocycles. The molecule has 1 aromatic carbocycles. The Morgan fingerprint density at radius 2 is 2.06 bits per heavy atom. The molecule has 0 spiro atoms. The molecular formula is C9H9Cl2F3N2. The summed E-state index contributed by atoms with van der Waals surface area (Å²) >= 11 is 10.3. The molecule has 0 aromatic heterocycles. The molecule has 7 heteroatoms. The first-order valence-electron chi connectivity index (χ1n) is 4.31. The summed E-state index contributed by atoms with van der Waals surface area (Å²) in [5, 5.41) is -3.36. The fourth-order valence-corrected chi connectivity index (χ4v) is 1.48. The molecule has 0 radical (unpaired) electrons. The van der Waals surface area contributed by atoms with Crippen LogP contribution in [0.3, 0.4) is 0 Å². The smallest absolute Gasteiger partial charge is 0.271 e. The van der Waals surface area contributed by atoms with Crippen molar-refractivity contribution in [2.45, 2.75) is 17.8 Å². The van der Waals surface area contributed by atoms with E-state index in [0.717, 1.165) is 6.07 Å². The van der Waals surface area contributed by atoms with E-state index in [1.165, 1.54) is 12.1 Å². The highest BCUT2D eigenvalue weighted by atomic mass is 35.5. The molecule has 0 saturated heterocycles. The summed E-state index contributed by atoms with van der Waals surface area (Å²) in [4.78, 5) is 0. The highest BCUT2D eigenvalue weighted by molar-refractivity contribution is 6.30. The van der Waals surface area contributed by atoms with Gasteiger partial charge in [0.15, 0.2) is 0 Å². The van der Waals surface area contributed by atoms with E-state index in [0.29, 0.717) is 0 Å². The molecular weight excluding hydrogens is 264 g/mol. The third-order valence-electron chi connectivity index (χ3n) is 2.04. The van der Waals surface area contributed by atoms with Crippen molar-refractivity contribution in [3.63, 3.8) is 0 Å². The number of hydrogen-bond acceptors (Lipinski definition) is 2. The van der Waals surface area contributed by atoms with Crippen LogP contribution in [0.2, 0.25) is 5.02 Å². The van der Waals surface area contributed by atoms with Crippen LogP contribution in [0.15, 0.2) is 18.2 Å². The van der Waals surface area contributed by atoms with E-state index in [2.05, 4.69) is 0 Å². The number of rotatable bonds is 4. The molecule has 1 rings (SSSR count). The van der Waals surface area contributed by atoms with Gasteiger partial charge in [0, 0.05) is 5.02 Å². The number of alkyl halides is 3. The Bertz CT molecular complexity index is 368. The zero-order valence-electron chi connectivity index (χ0n) is 7.98. The van der Waals surface area contributed by atoms with Crippen LogP contribution in [0.5, 0.6) is 0 Å². The molecule has 1 aromatic rings. The predicted molar refractivity (Wildman–Crippen MR) is 57.0 cm³/mol. The van der Waals surface area contributed by atoms with Crippen molar-refractivity contribution in [1.82, 2.24) is 5.43 Å². The Morgan fingerprint density at radius 1 is 1.44 bits per heavy atom. The lowest BCUT2D eigenvalue weighted by atomic mass is 10.1. The Balaban J connectivity index is 2.86. The van der Waals surface area contributed by atoms with Gasteiger partial charge in [-0.1, -0.05) is 17.7 Å². The second kappa shape index (κ2) is 5.23. The molecule has 0 bridgehead atoms. The Kier molecular flexibility index (Phi) is 4.43. The van der Waals surface area contributed by atoms with Gasteiger partial charge in [0.25, 0.3) is 0 Å². The number of halogens is 5. The first kappa shape index (κ1) is 13.6. The zero-order chi connectivity index (χ0) is 12.3. The van der Waals surface area contributed by atoms with Crippen LogP contribution >= 0.6 is 23.2 Å². The standard InChI is InChI=1S/C9H9Cl2F3N2/c10-6-2-1-5(7(12)4-6)3-8(16-15)9(11,13)14/h1-2,4,8,16H,3,15H2. The lowest BCUT2D eigenvalue weighted by Gasteiger charge is -2.20. The second-order valence-electron chi connectivity index (χ2n) is 3.20.